The van der Waals surface area contributed by atoms with E-state index in [1.54, 1.807) is 36.6 Å². The first-order valence-electron chi connectivity index (χ1n) is 16.0. The molecule has 0 radical (unpaired) electrons. The van der Waals surface area contributed by atoms with Crippen molar-refractivity contribution in [1.29, 1.82) is 0 Å². The van der Waals surface area contributed by atoms with Gasteiger partial charge in [0, 0.05) is 54.2 Å². The van der Waals surface area contributed by atoms with Gasteiger partial charge in [-0.15, -0.1) is 5.06 Å². The van der Waals surface area contributed by atoms with Crippen LogP contribution in [-0.2, 0) is 54.5 Å². The molecule has 2 aromatic carbocycles. The normalized spacial score (nSPS) is 18.9. The Labute approximate surface area is 291 Å². The van der Waals surface area contributed by atoms with Crippen LogP contribution in [0.5, 0.6) is 0 Å². The second-order valence-electron chi connectivity index (χ2n) is 13.3. The molecule has 3 heterocycles. The van der Waals surface area contributed by atoms with E-state index in [9.17, 15) is 35.8 Å². The zero-order valence-corrected chi connectivity index (χ0v) is 29.8. The fourth-order valence-electron chi connectivity index (χ4n) is 6.09. The van der Waals surface area contributed by atoms with Crippen molar-refractivity contribution in [2.45, 2.75) is 86.8 Å². The van der Waals surface area contributed by atoms with E-state index in [1.165, 1.54) is 24.3 Å². The van der Waals surface area contributed by atoms with Crippen molar-refractivity contribution < 1.29 is 44.8 Å². The Morgan fingerprint density at radius 2 is 1.58 bits per heavy atom. The first-order chi connectivity index (χ1) is 23.4. The van der Waals surface area contributed by atoms with Crippen molar-refractivity contribution in [3.63, 3.8) is 0 Å². The summed E-state index contributed by atoms with van der Waals surface area (Å²) in [6.07, 6.45) is 11.2. The second-order valence-corrected chi connectivity index (χ2v) is 16.3. The number of rotatable bonds is 13. The fourth-order valence-corrected chi connectivity index (χ4v) is 7.42. The Balaban J connectivity index is 1.25. The highest BCUT2D eigenvalue weighted by atomic mass is 32.2. The van der Waals surface area contributed by atoms with Crippen LogP contribution in [0.25, 0.3) is 0 Å². The Morgan fingerprint density at radius 3 is 2.28 bits per heavy atom. The predicted octanol–water partition coefficient (Wildman–Crippen LogP) is 5.55. The highest BCUT2D eigenvalue weighted by Gasteiger charge is 2.40. The number of hydroxylamine groups is 2. The molecule has 0 spiro atoms. The summed E-state index contributed by atoms with van der Waals surface area (Å²) in [5.74, 6) is -1.74. The molecule has 0 aliphatic carbocycles. The Kier molecular flexibility index (Phi) is 10.2. The first kappa shape index (κ1) is 36.7. The number of allylic oxidation sites excluding steroid dienone is 5. The zero-order chi connectivity index (χ0) is 36.5. The molecule has 0 saturated carbocycles. The summed E-state index contributed by atoms with van der Waals surface area (Å²) >= 11 is 0. The standard InChI is InChI=1S/C35H39N3O10S2/c1-34(2)23-36-28-15-13-25(22-26(28)34)50(45,46)47-20-10-6-7-11-30-35(3,4)27-21-24(49(42,43)44)14-16-29(27)37(30)19-9-5-8-12-33(41)48-38-31(39)17-18-32(38)40/h6-7,10-11,13-16,20-23H,5,8-9,12,17-19H2,1-4H3,(H,42,43,44)/b7-6+,20-10+,30-11+. The maximum Gasteiger partial charge on any atom is 0.338 e. The minimum atomic E-state index is -4.45. The molecule has 0 bridgehead atoms. The molecule has 5 rings (SSSR count). The molecule has 0 unspecified atom stereocenters. The lowest BCUT2D eigenvalue weighted by Crippen LogP contribution is -2.32. The van der Waals surface area contributed by atoms with Gasteiger partial charge in [0.15, 0.2) is 0 Å². The van der Waals surface area contributed by atoms with Gasteiger partial charge >= 0.3 is 16.1 Å². The van der Waals surface area contributed by atoms with Gasteiger partial charge in [-0.2, -0.15) is 16.8 Å². The van der Waals surface area contributed by atoms with E-state index >= 15 is 0 Å². The van der Waals surface area contributed by atoms with Crippen LogP contribution in [0.4, 0.5) is 11.4 Å². The molecule has 0 atom stereocenters. The average molecular weight is 726 g/mol. The number of carbonyl (C=O) groups is 3. The largest absolute Gasteiger partial charge is 0.387 e. The maximum absolute atomic E-state index is 12.9. The van der Waals surface area contributed by atoms with E-state index in [-0.39, 0.29) is 29.1 Å². The van der Waals surface area contributed by atoms with Crippen LogP contribution in [0.3, 0.4) is 0 Å². The van der Waals surface area contributed by atoms with E-state index in [4.69, 9.17) is 9.02 Å². The number of imide groups is 1. The zero-order valence-electron chi connectivity index (χ0n) is 28.2. The van der Waals surface area contributed by atoms with Gasteiger partial charge in [0.2, 0.25) is 0 Å². The summed E-state index contributed by atoms with van der Waals surface area (Å²) in [5.41, 5.74) is 2.68. The van der Waals surface area contributed by atoms with Crippen molar-refractivity contribution >= 4 is 55.6 Å². The van der Waals surface area contributed by atoms with E-state index in [0.717, 1.165) is 28.9 Å². The summed E-state index contributed by atoms with van der Waals surface area (Å²) in [6.45, 7) is 8.24. The predicted molar refractivity (Wildman–Crippen MR) is 185 cm³/mol. The van der Waals surface area contributed by atoms with Crippen LogP contribution in [-0.4, -0.2) is 57.0 Å². The number of nitrogens with zero attached hydrogens (tertiary/aromatic N) is 3. The molecule has 3 aliphatic heterocycles. The summed E-state index contributed by atoms with van der Waals surface area (Å²) in [4.78, 5) is 46.7. The summed E-state index contributed by atoms with van der Waals surface area (Å²) in [7, 11) is -8.52. The number of aliphatic imine (C=N–C) groups is 1. The number of benzene rings is 2. The van der Waals surface area contributed by atoms with Crippen molar-refractivity contribution in [3.8, 4) is 0 Å². The highest BCUT2D eigenvalue weighted by Crippen LogP contribution is 2.48. The summed E-state index contributed by atoms with van der Waals surface area (Å²) < 4.78 is 64.4. The van der Waals surface area contributed by atoms with Crippen LogP contribution in [0.1, 0.15) is 77.3 Å². The fraction of sp³-hybridized carbons (Fsp3) is 0.371. The summed E-state index contributed by atoms with van der Waals surface area (Å²) in [5, 5.41) is 0.530. The van der Waals surface area contributed by atoms with Gasteiger partial charge in [0.05, 0.1) is 10.6 Å². The van der Waals surface area contributed by atoms with Gasteiger partial charge in [0.25, 0.3) is 21.9 Å². The van der Waals surface area contributed by atoms with Gasteiger partial charge in [-0.3, -0.25) is 19.1 Å². The van der Waals surface area contributed by atoms with Gasteiger partial charge in [-0.25, -0.2) is 4.79 Å². The molecular weight excluding hydrogens is 687 g/mol. The third-order valence-electron chi connectivity index (χ3n) is 8.84. The van der Waals surface area contributed by atoms with E-state index < -0.39 is 48.8 Å². The molecule has 1 N–H and O–H groups in total. The number of hydrogen-bond donors (Lipinski definition) is 1. The topological polar surface area (TPSA) is 177 Å². The van der Waals surface area contributed by atoms with Crippen molar-refractivity contribution in [1.82, 2.24) is 5.06 Å². The quantitative estimate of drug-likeness (QED) is 0.0684. The van der Waals surface area contributed by atoms with Crippen molar-refractivity contribution in [2.24, 2.45) is 4.99 Å². The van der Waals surface area contributed by atoms with Crippen LogP contribution >= 0.6 is 0 Å². The number of carbonyl (C=O) groups excluding carboxylic acids is 3. The van der Waals surface area contributed by atoms with Gasteiger partial charge < -0.3 is 13.9 Å². The molecule has 2 amide bonds. The van der Waals surface area contributed by atoms with Crippen LogP contribution in [0, 0.1) is 0 Å². The third kappa shape index (κ3) is 7.74. The maximum atomic E-state index is 12.9. The van der Waals surface area contributed by atoms with Gasteiger partial charge in [-0.05, 0) is 72.5 Å². The Morgan fingerprint density at radius 1 is 0.900 bits per heavy atom. The average Bonchev–Trinajstić information content (AvgIpc) is 3.61. The van der Waals surface area contributed by atoms with Crippen LogP contribution in [0.2, 0.25) is 0 Å². The number of fused-ring (bicyclic) bond motifs is 2. The summed E-state index contributed by atoms with van der Waals surface area (Å²) in [6, 6.07) is 9.09. The Hall–Kier alpha value is -4.60. The van der Waals surface area contributed by atoms with Crippen molar-refractivity contribution in [3.05, 3.63) is 83.8 Å². The molecular formula is C35H39N3O10S2. The number of hydrogen-bond acceptors (Lipinski definition) is 11. The lowest BCUT2D eigenvalue weighted by atomic mass is 9.83. The van der Waals surface area contributed by atoms with Gasteiger partial charge in [0.1, 0.15) is 11.2 Å². The molecule has 2 aromatic rings. The van der Waals surface area contributed by atoms with Crippen LogP contribution < -0.4 is 4.90 Å². The molecule has 15 heteroatoms. The number of amides is 2. The molecule has 3 aliphatic rings. The van der Waals surface area contributed by atoms with E-state index in [1.807, 2.05) is 38.7 Å². The number of unbranched alkanes of at least 4 members (excludes halogenated alkanes) is 2. The molecule has 50 heavy (non-hydrogen) atoms. The molecule has 13 nitrogen and oxygen atoms in total. The first-order valence-corrected chi connectivity index (χ1v) is 18.9. The van der Waals surface area contributed by atoms with Gasteiger partial charge in [-0.1, -0.05) is 46.3 Å². The second kappa shape index (κ2) is 14.0. The molecule has 1 saturated heterocycles. The van der Waals surface area contributed by atoms with E-state index in [0.29, 0.717) is 36.4 Å². The minimum absolute atomic E-state index is 0.0182. The molecule has 266 valence electrons. The smallest absolute Gasteiger partial charge is 0.338 e. The monoisotopic (exact) mass is 725 g/mol. The lowest BCUT2D eigenvalue weighted by molar-refractivity contribution is -0.197. The van der Waals surface area contributed by atoms with E-state index in [2.05, 4.69) is 4.99 Å². The molecule has 1 fully saturated rings. The SMILES string of the molecule is CC1(C)C=Nc2ccc(S(=O)(=O)O/C=C/C=C/C=C3/N(CCCCCC(=O)ON4C(=O)CCC4=O)c4ccc(S(=O)(=O)O)cc4C3(C)C)cc21. The van der Waals surface area contributed by atoms with Crippen LogP contribution in [0.15, 0.2) is 87.4 Å². The highest BCUT2D eigenvalue weighted by molar-refractivity contribution is 7.87. The minimum Gasteiger partial charge on any atom is -0.387 e. The Bertz CT molecular complexity index is 2050. The lowest BCUT2D eigenvalue weighted by Gasteiger charge is -2.27. The third-order valence-corrected chi connectivity index (χ3v) is 10.9. The van der Waals surface area contributed by atoms with Crippen molar-refractivity contribution in [2.75, 3.05) is 11.4 Å². The number of anilines is 1. The molecule has 0 aromatic heterocycles.